The second kappa shape index (κ2) is 6.76. The lowest BCUT2D eigenvalue weighted by molar-refractivity contribution is 0.574. The van der Waals surface area contributed by atoms with Crippen molar-refractivity contribution in [1.29, 1.82) is 0 Å². The molecule has 0 saturated heterocycles. The highest BCUT2D eigenvalue weighted by molar-refractivity contribution is 7.09. The molecule has 22 heavy (non-hydrogen) atoms. The first-order chi connectivity index (χ1) is 10.7. The molecular weight excluding hydrogens is 296 g/mol. The number of tetrazole rings is 1. The third-order valence-corrected chi connectivity index (χ3v) is 4.33. The molecule has 6 nitrogen and oxygen atoms in total. The van der Waals surface area contributed by atoms with Crippen LogP contribution in [0.3, 0.4) is 0 Å². The fourth-order valence-corrected chi connectivity index (χ4v) is 2.90. The van der Waals surface area contributed by atoms with Gasteiger partial charge in [-0.1, -0.05) is 12.1 Å². The first-order valence-corrected chi connectivity index (χ1v) is 8.08. The first kappa shape index (κ1) is 14.8. The maximum Gasteiger partial charge on any atom is 0.143 e. The van der Waals surface area contributed by atoms with E-state index < -0.39 is 0 Å². The average Bonchev–Trinajstić information content (AvgIpc) is 3.19. The summed E-state index contributed by atoms with van der Waals surface area (Å²) < 4.78 is 1.65. The van der Waals surface area contributed by atoms with Gasteiger partial charge in [-0.05, 0) is 42.0 Å². The van der Waals surface area contributed by atoms with Gasteiger partial charge in [0.1, 0.15) is 6.33 Å². The van der Waals surface area contributed by atoms with Crippen molar-refractivity contribution in [2.45, 2.75) is 26.3 Å². The molecule has 0 fully saturated rings. The molecule has 3 rings (SSSR count). The maximum absolute atomic E-state index is 4.48. The Morgan fingerprint density at radius 3 is 2.73 bits per heavy atom. The van der Waals surface area contributed by atoms with Crippen LogP contribution in [-0.4, -0.2) is 31.7 Å². The summed E-state index contributed by atoms with van der Waals surface area (Å²) in [4.78, 5) is 4.48. The fourth-order valence-electron chi connectivity index (χ4n) is 2.25. The van der Waals surface area contributed by atoms with Crippen LogP contribution in [-0.2, 0) is 6.42 Å². The summed E-state index contributed by atoms with van der Waals surface area (Å²) in [7, 11) is 0. The van der Waals surface area contributed by atoms with E-state index in [4.69, 9.17) is 0 Å². The van der Waals surface area contributed by atoms with E-state index in [1.165, 1.54) is 5.56 Å². The monoisotopic (exact) mass is 314 g/mol. The van der Waals surface area contributed by atoms with Crippen molar-refractivity contribution in [1.82, 2.24) is 30.5 Å². The third kappa shape index (κ3) is 3.55. The Morgan fingerprint density at radius 1 is 1.27 bits per heavy atom. The van der Waals surface area contributed by atoms with Gasteiger partial charge in [-0.2, -0.15) is 0 Å². The van der Waals surface area contributed by atoms with Gasteiger partial charge in [0, 0.05) is 24.4 Å². The lowest BCUT2D eigenvalue weighted by Crippen LogP contribution is -2.21. The second-order valence-electron chi connectivity index (χ2n) is 5.13. The van der Waals surface area contributed by atoms with Crippen molar-refractivity contribution < 1.29 is 0 Å². The minimum atomic E-state index is 0.294. The molecule has 0 aliphatic carbocycles. The largest absolute Gasteiger partial charge is 0.310 e. The van der Waals surface area contributed by atoms with E-state index in [9.17, 15) is 0 Å². The second-order valence-corrected chi connectivity index (χ2v) is 6.19. The highest BCUT2D eigenvalue weighted by Gasteiger charge is 2.06. The van der Waals surface area contributed by atoms with E-state index in [0.29, 0.717) is 6.04 Å². The van der Waals surface area contributed by atoms with Crippen molar-refractivity contribution >= 4 is 11.3 Å². The molecule has 114 valence electrons. The molecule has 0 aliphatic rings. The first-order valence-electron chi connectivity index (χ1n) is 7.20. The lowest BCUT2D eigenvalue weighted by atomic mass is 10.1. The molecular formula is C15H18N6S. The van der Waals surface area contributed by atoms with Gasteiger partial charge in [0.05, 0.1) is 16.4 Å². The Bertz CT molecular complexity index is 704. The van der Waals surface area contributed by atoms with Crippen LogP contribution in [0.1, 0.15) is 29.2 Å². The Kier molecular flexibility index (Phi) is 4.55. The third-order valence-electron chi connectivity index (χ3n) is 3.50. The van der Waals surface area contributed by atoms with E-state index in [1.54, 1.807) is 22.3 Å². The molecule has 7 heteroatoms. The summed E-state index contributed by atoms with van der Waals surface area (Å²) in [6.45, 7) is 5.12. The zero-order valence-electron chi connectivity index (χ0n) is 12.6. The summed E-state index contributed by atoms with van der Waals surface area (Å²) in [6.07, 6.45) is 2.55. The molecule has 1 aromatic carbocycles. The minimum Gasteiger partial charge on any atom is -0.310 e. The summed E-state index contributed by atoms with van der Waals surface area (Å²) in [5.74, 6) is 0. The number of thiazole rings is 1. The number of nitrogens with zero attached hydrogens (tertiary/aromatic N) is 5. The smallest absolute Gasteiger partial charge is 0.143 e. The number of hydrogen-bond acceptors (Lipinski definition) is 6. The number of benzene rings is 1. The zero-order chi connectivity index (χ0) is 15.4. The SMILES string of the molecule is Cc1nc(CCN[C@@H](C)c2ccc(-n3cnnn3)cc2)cs1. The standard InChI is InChI=1S/C15H18N6S/c1-11(16-8-7-14-9-22-12(2)18-14)13-3-5-15(6-4-13)21-10-17-19-20-21/h3-6,9-11,16H,7-8H2,1-2H3/t11-/m0/s1. The molecule has 0 spiro atoms. The van der Waals surface area contributed by atoms with Gasteiger partial charge in [-0.3, -0.25) is 0 Å². The van der Waals surface area contributed by atoms with E-state index in [1.807, 2.05) is 19.1 Å². The van der Waals surface area contributed by atoms with Gasteiger partial charge >= 0.3 is 0 Å². The maximum atomic E-state index is 4.48. The molecule has 0 aliphatic heterocycles. The Balaban J connectivity index is 1.54. The summed E-state index contributed by atoms with van der Waals surface area (Å²) in [5, 5.41) is 17.9. The highest BCUT2D eigenvalue weighted by atomic mass is 32.1. The van der Waals surface area contributed by atoms with Gasteiger partial charge in [0.2, 0.25) is 0 Å². The highest BCUT2D eigenvalue weighted by Crippen LogP contribution is 2.15. The molecule has 0 amide bonds. The fraction of sp³-hybridized carbons (Fsp3) is 0.333. The molecule has 2 heterocycles. The molecule has 0 radical (unpaired) electrons. The van der Waals surface area contributed by atoms with Gasteiger partial charge in [0.15, 0.2) is 0 Å². The minimum absolute atomic E-state index is 0.294. The number of hydrogen-bond donors (Lipinski definition) is 1. The van der Waals surface area contributed by atoms with Gasteiger partial charge in [0.25, 0.3) is 0 Å². The van der Waals surface area contributed by atoms with Crippen LogP contribution in [0.5, 0.6) is 0 Å². The molecule has 1 N–H and O–H groups in total. The van der Waals surface area contributed by atoms with Crippen molar-refractivity contribution in [3.05, 3.63) is 52.2 Å². The molecule has 0 unspecified atom stereocenters. The van der Waals surface area contributed by atoms with Gasteiger partial charge < -0.3 is 5.32 Å². The molecule has 3 aromatic rings. The number of aromatic nitrogens is 5. The molecule has 0 saturated carbocycles. The van der Waals surface area contributed by atoms with Crippen molar-refractivity contribution in [2.24, 2.45) is 0 Å². The van der Waals surface area contributed by atoms with E-state index in [-0.39, 0.29) is 0 Å². The van der Waals surface area contributed by atoms with Crippen LogP contribution < -0.4 is 5.32 Å². The average molecular weight is 314 g/mol. The quantitative estimate of drug-likeness (QED) is 0.756. The predicted octanol–water partition coefficient (Wildman–Crippen LogP) is 2.32. The van der Waals surface area contributed by atoms with Crippen LogP contribution >= 0.6 is 11.3 Å². The van der Waals surface area contributed by atoms with E-state index in [0.717, 1.165) is 29.4 Å². The predicted molar refractivity (Wildman–Crippen MR) is 86.1 cm³/mol. The molecule has 1 atom stereocenters. The summed E-state index contributed by atoms with van der Waals surface area (Å²) in [6, 6.07) is 8.53. The van der Waals surface area contributed by atoms with Crippen molar-refractivity contribution in [3.63, 3.8) is 0 Å². The van der Waals surface area contributed by atoms with Crippen LogP contribution in [0.2, 0.25) is 0 Å². The van der Waals surface area contributed by atoms with Gasteiger partial charge in [-0.25, -0.2) is 9.67 Å². The summed E-state index contributed by atoms with van der Waals surface area (Å²) in [5.41, 5.74) is 3.36. The molecule has 0 bridgehead atoms. The van der Waals surface area contributed by atoms with Crippen molar-refractivity contribution in [2.75, 3.05) is 6.54 Å². The van der Waals surface area contributed by atoms with Crippen LogP contribution in [0.15, 0.2) is 36.0 Å². The van der Waals surface area contributed by atoms with Gasteiger partial charge in [-0.15, -0.1) is 16.4 Å². The number of aryl methyl sites for hydroxylation is 1. The van der Waals surface area contributed by atoms with Crippen molar-refractivity contribution in [3.8, 4) is 5.69 Å². The normalized spacial score (nSPS) is 12.5. The Morgan fingerprint density at radius 2 is 2.09 bits per heavy atom. The Hall–Kier alpha value is -2.12. The number of nitrogens with one attached hydrogen (secondary N) is 1. The summed E-state index contributed by atoms with van der Waals surface area (Å²) >= 11 is 1.70. The van der Waals surface area contributed by atoms with Crippen LogP contribution in [0, 0.1) is 6.92 Å². The topological polar surface area (TPSA) is 68.5 Å². The lowest BCUT2D eigenvalue weighted by Gasteiger charge is -2.14. The zero-order valence-corrected chi connectivity index (χ0v) is 13.4. The van der Waals surface area contributed by atoms with E-state index >= 15 is 0 Å². The van der Waals surface area contributed by atoms with E-state index in [2.05, 4.69) is 50.3 Å². The van der Waals surface area contributed by atoms with Crippen LogP contribution in [0.25, 0.3) is 5.69 Å². The Labute approximate surface area is 133 Å². The molecule has 2 aromatic heterocycles. The van der Waals surface area contributed by atoms with Crippen LogP contribution in [0.4, 0.5) is 0 Å². The number of rotatable bonds is 6.